The minimum atomic E-state index is -0.743. The highest BCUT2D eigenvalue weighted by Crippen LogP contribution is 2.23. The van der Waals surface area contributed by atoms with E-state index in [0.29, 0.717) is 22.5 Å². The van der Waals surface area contributed by atoms with Crippen molar-refractivity contribution in [1.82, 2.24) is 19.4 Å². The van der Waals surface area contributed by atoms with Gasteiger partial charge in [-0.3, -0.25) is 9.36 Å². The first-order chi connectivity index (χ1) is 18.9. The van der Waals surface area contributed by atoms with E-state index in [-0.39, 0.29) is 22.4 Å². The van der Waals surface area contributed by atoms with Crippen LogP contribution in [-0.4, -0.2) is 58.2 Å². The van der Waals surface area contributed by atoms with E-state index < -0.39 is 5.97 Å². The van der Waals surface area contributed by atoms with Gasteiger partial charge in [0.25, 0.3) is 5.56 Å². The molecule has 1 saturated heterocycles. The van der Waals surface area contributed by atoms with Gasteiger partial charge in [-0.05, 0) is 64.0 Å². The fourth-order valence-corrected chi connectivity index (χ4v) is 5.38. The largest absolute Gasteiger partial charge is 0.462 e. The molecule has 12 heteroatoms. The molecule has 0 unspecified atom stereocenters. The molecular weight excluding hydrogens is 516 g/mol. The van der Waals surface area contributed by atoms with Crippen LogP contribution >= 0.6 is 11.3 Å². The van der Waals surface area contributed by atoms with Gasteiger partial charge >= 0.3 is 5.97 Å². The van der Waals surface area contributed by atoms with Crippen LogP contribution in [0.15, 0.2) is 41.5 Å². The van der Waals surface area contributed by atoms with Gasteiger partial charge in [0.05, 0.1) is 30.4 Å². The first-order valence-electron chi connectivity index (χ1n) is 12.9. The molecule has 1 fully saturated rings. The maximum atomic E-state index is 12.9. The minimum Gasteiger partial charge on any atom is -0.462 e. The maximum absolute atomic E-state index is 12.9. The van der Waals surface area contributed by atoms with Crippen molar-refractivity contribution in [3.8, 4) is 6.07 Å². The predicted molar refractivity (Wildman–Crippen MR) is 153 cm³/mol. The summed E-state index contributed by atoms with van der Waals surface area (Å²) in [6.45, 7) is 7.73. The number of rotatable bonds is 10. The topological polar surface area (TPSA) is 142 Å². The molecule has 4 heterocycles. The third kappa shape index (κ3) is 6.63. The lowest BCUT2D eigenvalue weighted by Gasteiger charge is -2.25. The second-order valence-corrected chi connectivity index (χ2v) is 9.90. The van der Waals surface area contributed by atoms with Crippen LogP contribution in [0.4, 0.5) is 23.0 Å². The number of hydrogen-bond donors (Lipinski definition) is 2. The minimum absolute atomic E-state index is 0.138. The number of ether oxygens (including phenoxy) is 1. The normalized spacial score (nSPS) is 14.6. The number of nitrogens with two attached hydrogens (primary N) is 1. The number of esters is 1. The zero-order chi connectivity index (χ0) is 27.8. The number of hydrogen-bond acceptors (Lipinski definition) is 11. The number of nitrogens with one attached hydrogen (secondary N) is 1. The molecule has 3 aromatic rings. The van der Waals surface area contributed by atoms with Crippen molar-refractivity contribution in [2.75, 3.05) is 48.7 Å². The molecule has 1 aliphatic heterocycles. The van der Waals surface area contributed by atoms with E-state index in [1.165, 1.54) is 17.4 Å². The first kappa shape index (κ1) is 27.8. The smallest absolute Gasteiger partial charge is 0.351 e. The van der Waals surface area contributed by atoms with E-state index in [4.69, 9.17) is 10.5 Å². The summed E-state index contributed by atoms with van der Waals surface area (Å²) in [4.78, 5) is 38.8. The molecule has 0 amide bonds. The van der Waals surface area contributed by atoms with Gasteiger partial charge in [-0.2, -0.15) is 5.26 Å². The molecular formula is C27H32N8O3S. The van der Waals surface area contributed by atoms with Gasteiger partial charge < -0.3 is 25.6 Å². The molecule has 0 aromatic carbocycles. The highest BCUT2D eigenvalue weighted by molar-refractivity contribution is 7.07. The van der Waals surface area contributed by atoms with Gasteiger partial charge in [0.1, 0.15) is 26.9 Å². The highest BCUT2D eigenvalue weighted by Gasteiger charge is 2.18. The van der Waals surface area contributed by atoms with Crippen molar-refractivity contribution in [1.29, 1.82) is 5.26 Å². The van der Waals surface area contributed by atoms with Crippen molar-refractivity contribution in [3.05, 3.63) is 56.2 Å². The molecule has 1 aliphatic rings. The van der Waals surface area contributed by atoms with Crippen molar-refractivity contribution >= 4 is 52.1 Å². The lowest BCUT2D eigenvalue weighted by molar-refractivity contribution is -0.136. The van der Waals surface area contributed by atoms with E-state index in [1.807, 2.05) is 30.3 Å². The third-order valence-corrected chi connectivity index (χ3v) is 7.44. The Kier molecular flexibility index (Phi) is 9.30. The number of nitrogens with zero attached hydrogens (tertiary/aromatic N) is 6. The Labute approximate surface area is 230 Å². The monoisotopic (exact) mass is 548 g/mol. The SMILES string of the molecule is CCOC(=O)C(C#N)=c1sc(=CNc2ccc(N(CCN3CCCC3)c3ccc(N)cn3)nc2)c(=O)n1CC. The van der Waals surface area contributed by atoms with Gasteiger partial charge in [0.15, 0.2) is 5.57 Å². The lowest BCUT2D eigenvalue weighted by Crippen LogP contribution is -2.32. The van der Waals surface area contributed by atoms with Gasteiger partial charge in [0.2, 0.25) is 0 Å². The summed E-state index contributed by atoms with van der Waals surface area (Å²) >= 11 is 1.06. The average molecular weight is 549 g/mol. The zero-order valence-electron chi connectivity index (χ0n) is 22.1. The van der Waals surface area contributed by atoms with Crippen LogP contribution in [0.1, 0.15) is 26.7 Å². The molecule has 39 heavy (non-hydrogen) atoms. The molecule has 0 spiro atoms. The Bertz CT molecular complexity index is 1500. The molecule has 204 valence electrons. The lowest BCUT2D eigenvalue weighted by atomic mass is 10.3. The summed E-state index contributed by atoms with van der Waals surface area (Å²) in [5.41, 5.74) is 6.64. The fraction of sp³-hybridized carbons (Fsp3) is 0.370. The van der Waals surface area contributed by atoms with E-state index in [2.05, 4.69) is 25.1 Å². The summed E-state index contributed by atoms with van der Waals surface area (Å²) in [5, 5.41) is 12.6. The van der Waals surface area contributed by atoms with Crippen LogP contribution in [0, 0.1) is 11.3 Å². The molecule has 3 aromatic heterocycles. The number of nitriles is 1. The summed E-state index contributed by atoms with van der Waals surface area (Å²) in [6.07, 6.45) is 7.33. The van der Waals surface area contributed by atoms with Gasteiger partial charge in [-0.25, -0.2) is 14.8 Å². The standard InChI is InChI=1S/C27H32N8O3S/c1-3-34-25(36)22(39-26(34)21(15-28)27(37)38-4-2)18-30-20-8-10-24(32-17-20)35(14-13-33-11-5-6-12-33)23-9-7-19(29)16-31-23/h7-10,16-18,30H,3-6,11-14,29H2,1-2H3. The molecule has 3 N–H and O–H groups in total. The second kappa shape index (κ2) is 13.0. The number of nitrogen functional groups attached to an aromatic ring is 1. The Morgan fingerprint density at radius 1 is 1.21 bits per heavy atom. The molecule has 0 bridgehead atoms. The summed E-state index contributed by atoms with van der Waals surface area (Å²) < 4.78 is 7.00. The molecule has 0 aliphatic carbocycles. The van der Waals surface area contributed by atoms with Crippen molar-refractivity contribution < 1.29 is 9.53 Å². The number of anilines is 4. The molecule has 4 rings (SSSR count). The van der Waals surface area contributed by atoms with Crippen LogP contribution in [0.25, 0.3) is 11.8 Å². The highest BCUT2D eigenvalue weighted by atomic mass is 32.1. The summed E-state index contributed by atoms with van der Waals surface area (Å²) in [7, 11) is 0. The van der Waals surface area contributed by atoms with E-state index in [9.17, 15) is 14.9 Å². The van der Waals surface area contributed by atoms with E-state index in [0.717, 1.165) is 49.2 Å². The number of aromatic nitrogens is 3. The van der Waals surface area contributed by atoms with Gasteiger partial charge in [0, 0.05) is 25.8 Å². The van der Waals surface area contributed by atoms with E-state index >= 15 is 0 Å². The number of pyridine rings is 2. The molecule has 0 atom stereocenters. The number of thiazole rings is 1. The Morgan fingerprint density at radius 2 is 1.92 bits per heavy atom. The quantitative estimate of drug-likeness (QED) is 0.359. The molecule has 0 saturated carbocycles. The van der Waals surface area contributed by atoms with Crippen molar-refractivity contribution in [3.63, 3.8) is 0 Å². The van der Waals surface area contributed by atoms with Crippen LogP contribution in [0.3, 0.4) is 0 Å². The number of likely N-dealkylation sites (tertiary alicyclic amines) is 1. The Balaban J connectivity index is 1.59. The summed E-state index contributed by atoms with van der Waals surface area (Å²) in [6, 6.07) is 9.36. The van der Waals surface area contributed by atoms with Crippen LogP contribution in [0.5, 0.6) is 0 Å². The zero-order valence-corrected chi connectivity index (χ0v) is 22.9. The van der Waals surface area contributed by atoms with E-state index in [1.54, 1.807) is 32.4 Å². The first-order valence-corrected chi connectivity index (χ1v) is 13.7. The second-order valence-electron chi connectivity index (χ2n) is 8.87. The van der Waals surface area contributed by atoms with Gasteiger partial charge in [-0.15, -0.1) is 11.3 Å². The Morgan fingerprint density at radius 3 is 2.51 bits per heavy atom. The molecule has 0 radical (unpaired) electrons. The average Bonchev–Trinajstić information content (AvgIpc) is 3.57. The van der Waals surface area contributed by atoms with Crippen LogP contribution < -0.4 is 30.7 Å². The fourth-order valence-electron chi connectivity index (χ4n) is 4.31. The van der Waals surface area contributed by atoms with Gasteiger partial charge in [-0.1, -0.05) is 0 Å². The maximum Gasteiger partial charge on any atom is 0.351 e. The van der Waals surface area contributed by atoms with Crippen molar-refractivity contribution in [2.45, 2.75) is 33.2 Å². The number of carbonyl (C=O) groups excluding carboxylic acids is 1. The van der Waals surface area contributed by atoms with Crippen molar-refractivity contribution in [2.24, 2.45) is 0 Å². The predicted octanol–water partition coefficient (Wildman–Crippen LogP) is 1.62. The van der Waals surface area contributed by atoms with Crippen LogP contribution in [0.2, 0.25) is 0 Å². The van der Waals surface area contributed by atoms with Crippen LogP contribution in [-0.2, 0) is 16.1 Å². The third-order valence-electron chi connectivity index (χ3n) is 6.31. The molecule has 11 nitrogen and oxygen atoms in total. The summed E-state index contributed by atoms with van der Waals surface area (Å²) in [5.74, 6) is 0.764. The number of carbonyl (C=O) groups is 1. The Hall–Kier alpha value is -4.21.